The second-order valence-electron chi connectivity index (χ2n) is 8.78. The van der Waals surface area contributed by atoms with Crippen molar-refractivity contribution in [2.45, 2.75) is 32.2 Å². The Morgan fingerprint density at radius 3 is 2.39 bits per heavy atom. The van der Waals surface area contributed by atoms with E-state index in [0.717, 1.165) is 50.2 Å². The van der Waals surface area contributed by atoms with Crippen LogP contribution in [0.5, 0.6) is 0 Å². The highest BCUT2D eigenvalue weighted by Gasteiger charge is 2.32. The number of aromatic nitrogens is 5. The van der Waals surface area contributed by atoms with Gasteiger partial charge in [0.25, 0.3) is 0 Å². The number of likely N-dealkylation sites (tertiary alicyclic amines) is 1. The summed E-state index contributed by atoms with van der Waals surface area (Å²) in [6, 6.07) is 13.7. The van der Waals surface area contributed by atoms with E-state index in [9.17, 15) is 9.59 Å². The van der Waals surface area contributed by atoms with Crippen molar-refractivity contribution >= 4 is 23.3 Å². The molecule has 2 aliphatic rings. The number of piperidine rings is 2. The summed E-state index contributed by atoms with van der Waals surface area (Å²) < 4.78 is 1.42. The van der Waals surface area contributed by atoms with Crippen LogP contribution in [0, 0.1) is 11.8 Å². The van der Waals surface area contributed by atoms with E-state index in [1.54, 1.807) is 0 Å². The number of benzene rings is 1. The van der Waals surface area contributed by atoms with Gasteiger partial charge in [-0.25, -0.2) is 0 Å². The molecule has 4 heterocycles. The lowest BCUT2D eigenvalue weighted by Crippen LogP contribution is -2.47. The summed E-state index contributed by atoms with van der Waals surface area (Å²) >= 11 is 0. The number of rotatable bonds is 5. The van der Waals surface area contributed by atoms with Crippen molar-refractivity contribution in [2.75, 3.05) is 31.1 Å². The number of nitrogens with zero attached hydrogens (tertiary/aromatic N) is 7. The number of hydrogen-bond acceptors (Lipinski definition) is 7. The van der Waals surface area contributed by atoms with Crippen LogP contribution in [0.4, 0.5) is 5.82 Å². The van der Waals surface area contributed by atoms with Crippen LogP contribution in [0.1, 0.15) is 31.2 Å². The minimum atomic E-state index is -0.0214. The number of fused-ring (bicyclic) bond motifs is 1. The highest BCUT2D eigenvalue weighted by molar-refractivity contribution is 5.81. The van der Waals surface area contributed by atoms with Crippen molar-refractivity contribution in [1.29, 1.82) is 0 Å². The Balaban J connectivity index is 1.08. The molecule has 10 heteroatoms. The fourth-order valence-electron chi connectivity index (χ4n) is 4.71. The summed E-state index contributed by atoms with van der Waals surface area (Å²) in [7, 11) is 0. The Hall–Kier alpha value is -3.56. The summed E-state index contributed by atoms with van der Waals surface area (Å²) in [5.41, 5.74) is 1.71. The number of amides is 2. The van der Waals surface area contributed by atoms with E-state index in [-0.39, 0.29) is 23.7 Å². The van der Waals surface area contributed by atoms with Crippen LogP contribution in [0.25, 0.3) is 5.65 Å². The highest BCUT2D eigenvalue weighted by atomic mass is 16.2. The molecular formula is C23H28N8O2. The average molecular weight is 449 g/mol. The quantitative estimate of drug-likeness (QED) is 0.626. The van der Waals surface area contributed by atoms with Gasteiger partial charge in [-0.05, 0) is 53.8 Å². The summed E-state index contributed by atoms with van der Waals surface area (Å²) in [6.07, 6.45) is 3.04. The van der Waals surface area contributed by atoms with Crippen molar-refractivity contribution in [1.82, 2.24) is 35.5 Å². The number of hydrogen-bond donors (Lipinski definition) is 1. The van der Waals surface area contributed by atoms with E-state index in [0.29, 0.717) is 25.3 Å². The van der Waals surface area contributed by atoms with Gasteiger partial charge < -0.3 is 15.1 Å². The SMILES string of the molecule is O=C(NCc1ccccc1)C1CCN(C(=O)C2CCN(c3ccc4nnnn4n3)CC2)CC1. The lowest BCUT2D eigenvalue weighted by Gasteiger charge is -2.37. The fraction of sp³-hybridized carbons (Fsp3) is 0.478. The van der Waals surface area contributed by atoms with Crippen molar-refractivity contribution in [3.63, 3.8) is 0 Å². The van der Waals surface area contributed by atoms with Crippen molar-refractivity contribution < 1.29 is 9.59 Å². The zero-order chi connectivity index (χ0) is 22.6. The van der Waals surface area contributed by atoms with E-state index >= 15 is 0 Å². The molecule has 3 aromatic rings. The zero-order valence-electron chi connectivity index (χ0n) is 18.5. The predicted octanol–water partition coefficient (Wildman–Crippen LogP) is 1.29. The van der Waals surface area contributed by atoms with Crippen LogP contribution in [-0.4, -0.2) is 68.1 Å². The first-order valence-electron chi connectivity index (χ1n) is 11.6. The minimum absolute atomic E-state index is 0.0214. The van der Waals surface area contributed by atoms with Crippen LogP contribution >= 0.6 is 0 Å². The Morgan fingerprint density at radius 1 is 0.909 bits per heavy atom. The van der Waals surface area contributed by atoms with E-state index < -0.39 is 0 Å². The van der Waals surface area contributed by atoms with Gasteiger partial charge in [-0.2, -0.15) is 0 Å². The number of tetrazole rings is 1. The van der Waals surface area contributed by atoms with E-state index in [4.69, 9.17) is 0 Å². The van der Waals surface area contributed by atoms with Crippen LogP contribution in [0.15, 0.2) is 42.5 Å². The summed E-state index contributed by atoms with van der Waals surface area (Å²) in [4.78, 5) is 29.8. The largest absolute Gasteiger partial charge is 0.355 e. The molecule has 33 heavy (non-hydrogen) atoms. The molecule has 0 spiro atoms. The van der Waals surface area contributed by atoms with Crippen molar-refractivity contribution in [3.05, 3.63) is 48.0 Å². The average Bonchev–Trinajstić information content (AvgIpc) is 3.36. The first-order valence-corrected chi connectivity index (χ1v) is 11.6. The molecule has 0 atom stereocenters. The zero-order valence-corrected chi connectivity index (χ0v) is 18.5. The van der Waals surface area contributed by atoms with Gasteiger partial charge in [0.2, 0.25) is 11.8 Å². The topological polar surface area (TPSA) is 109 Å². The molecular weight excluding hydrogens is 420 g/mol. The lowest BCUT2D eigenvalue weighted by atomic mass is 9.91. The summed E-state index contributed by atoms with van der Waals surface area (Å²) in [5.74, 6) is 1.14. The molecule has 1 aromatic carbocycles. The maximum absolute atomic E-state index is 13.1. The Labute approximate surface area is 191 Å². The molecule has 0 unspecified atom stereocenters. The van der Waals surface area contributed by atoms with Gasteiger partial charge in [-0.3, -0.25) is 9.59 Å². The third kappa shape index (κ3) is 4.79. The van der Waals surface area contributed by atoms with Gasteiger partial charge in [-0.15, -0.1) is 14.8 Å². The van der Waals surface area contributed by atoms with Crippen LogP contribution in [0.3, 0.4) is 0 Å². The standard InChI is InChI=1S/C23H28N8O2/c32-22(24-16-17-4-2-1-3-5-17)18-8-14-30(15-9-18)23(33)19-10-12-29(13-11-19)21-7-6-20-25-27-28-31(20)26-21/h1-7,18-19H,8-16H2,(H,24,32). The third-order valence-electron chi connectivity index (χ3n) is 6.71. The molecule has 10 nitrogen and oxygen atoms in total. The molecule has 172 valence electrons. The van der Waals surface area contributed by atoms with Gasteiger partial charge in [0, 0.05) is 44.6 Å². The van der Waals surface area contributed by atoms with E-state index in [2.05, 4.69) is 30.8 Å². The normalized spacial score (nSPS) is 17.9. The van der Waals surface area contributed by atoms with Gasteiger partial charge in [0.1, 0.15) is 0 Å². The van der Waals surface area contributed by atoms with Gasteiger partial charge in [0.15, 0.2) is 11.5 Å². The van der Waals surface area contributed by atoms with Crippen molar-refractivity contribution in [3.8, 4) is 0 Å². The van der Waals surface area contributed by atoms with Gasteiger partial charge in [-0.1, -0.05) is 30.3 Å². The first-order chi connectivity index (χ1) is 16.2. The number of carbonyl (C=O) groups excluding carboxylic acids is 2. The number of anilines is 1. The smallest absolute Gasteiger partial charge is 0.225 e. The molecule has 2 aromatic heterocycles. The number of carbonyl (C=O) groups is 2. The highest BCUT2D eigenvalue weighted by Crippen LogP contribution is 2.26. The van der Waals surface area contributed by atoms with Crippen LogP contribution < -0.4 is 10.2 Å². The lowest BCUT2D eigenvalue weighted by molar-refractivity contribution is -0.139. The predicted molar refractivity (Wildman–Crippen MR) is 121 cm³/mol. The molecule has 0 saturated carbocycles. The maximum Gasteiger partial charge on any atom is 0.225 e. The van der Waals surface area contributed by atoms with E-state index in [1.807, 2.05) is 47.4 Å². The Morgan fingerprint density at radius 2 is 1.64 bits per heavy atom. The van der Waals surface area contributed by atoms with Crippen molar-refractivity contribution in [2.24, 2.45) is 11.8 Å². The monoisotopic (exact) mass is 448 g/mol. The Bertz CT molecular complexity index is 1100. The fourth-order valence-corrected chi connectivity index (χ4v) is 4.71. The molecule has 0 bridgehead atoms. The molecule has 2 fully saturated rings. The first kappa shape index (κ1) is 21.3. The summed E-state index contributed by atoms with van der Waals surface area (Å²) in [5, 5.41) is 18.8. The van der Waals surface area contributed by atoms with Crippen LogP contribution in [-0.2, 0) is 16.1 Å². The van der Waals surface area contributed by atoms with Crippen LogP contribution in [0.2, 0.25) is 0 Å². The second kappa shape index (κ2) is 9.51. The third-order valence-corrected chi connectivity index (χ3v) is 6.71. The Kier molecular flexibility index (Phi) is 6.14. The molecule has 2 amide bonds. The van der Waals surface area contributed by atoms with Gasteiger partial charge in [0.05, 0.1) is 0 Å². The molecule has 0 radical (unpaired) electrons. The minimum Gasteiger partial charge on any atom is -0.355 e. The molecule has 2 aliphatic heterocycles. The van der Waals surface area contributed by atoms with E-state index in [1.165, 1.54) is 4.63 Å². The molecule has 2 saturated heterocycles. The molecule has 1 N–H and O–H groups in total. The van der Waals surface area contributed by atoms with Gasteiger partial charge >= 0.3 is 0 Å². The molecule has 0 aliphatic carbocycles. The molecule has 5 rings (SSSR count). The second-order valence-corrected chi connectivity index (χ2v) is 8.78. The summed E-state index contributed by atoms with van der Waals surface area (Å²) in [6.45, 7) is 3.40. The number of nitrogens with one attached hydrogen (secondary N) is 1. The maximum atomic E-state index is 13.1.